The number of nitrogens with zero attached hydrogens (tertiary/aromatic N) is 4. The van der Waals surface area contributed by atoms with E-state index < -0.39 is 5.54 Å². The van der Waals surface area contributed by atoms with Crippen LogP contribution in [-0.4, -0.2) is 18.9 Å². The lowest BCUT2D eigenvalue weighted by Gasteiger charge is -2.23. The Kier molecular flexibility index (Phi) is 3.41. The summed E-state index contributed by atoms with van der Waals surface area (Å²) in [5, 5.41) is 4.09. The first kappa shape index (κ1) is 14.3. The van der Waals surface area contributed by atoms with E-state index in [4.69, 9.17) is 0 Å². The molecule has 0 N–H and O–H groups in total. The predicted octanol–water partition coefficient (Wildman–Crippen LogP) is 0.855. The highest BCUT2D eigenvalue weighted by Gasteiger charge is 2.20. The molecule has 2 rings (SSSR count). The first-order valence-corrected chi connectivity index (χ1v) is 6.51. The van der Waals surface area contributed by atoms with Gasteiger partial charge >= 0.3 is 5.69 Å². The Bertz CT molecular complexity index is 744. The molecule has 0 spiro atoms. The maximum Gasteiger partial charge on any atom is 0.331 e. The molecule has 0 radical (unpaired) electrons. The van der Waals surface area contributed by atoms with Crippen molar-refractivity contribution in [2.24, 2.45) is 7.05 Å². The summed E-state index contributed by atoms with van der Waals surface area (Å²) in [5.74, 6) is 0. The van der Waals surface area contributed by atoms with Gasteiger partial charge in [-0.2, -0.15) is 5.10 Å². The smallest absolute Gasteiger partial charge is 0.296 e. The molecular weight excluding hydrogens is 256 g/mol. The highest BCUT2D eigenvalue weighted by molar-refractivity contribution is 5.09. The Morgan fingerprint density at radius 3 is 2.35 bits per heavy atom. The minimum absolute atomic E-state index is 0.232. The summed E-state index contributed by atoms with van der Waals surface area (Å²) in [6.07, 6.45) is 5.18. The zero-order chi connectivity index (χ0) is 15.1. The van der Waals surface area contributed by atoms with Gasteiger partial charge in [0.05, 0.1) is 12.7 Å². The van der Waals surface area contributed by atoms with Crippen molar-refractivity contribution in [1.82, 2.24) is 18.9 Å². The number of hydrogen-bond donors (Lipinski definition) is 0. The van der Waals surface area contributed by atoms with E-state index >= 15 is 0 Å². The summed E-state index contributed by atoms with van der Waals surface area (Å²) in [5.41, 5.74) is 0.412. The first-order chi connectivity index (χ1) is 9.20. The van der Waals surface area contributed by atoms with Crippen LogP contribution in [0, 0.1) is 6.92 Å². The van der Waals surface area contributed by atoms with E-state index in [-0.39, 0.29) is 11.2 Å². The molecular formula is C14H20N4O2. The molecule has 0 aliphatic rings. The molecule has 108 valence electrons. The van der Waals surface area contributed by atoms with Gasteiger partial charge in [-0.3, -0.25) is 18.6 Å². The Morgan fingerprint density at radius 2 is 1.85 bits per heavy atom. The van der Waals surface area contributed by atoms with Crippen molar-refractivity contribution in [1.29, 1.82) is 0 Å². The normalized spacial score (nSPS) is 11.8. The standard InChI is InChI=1S/C14H20N4O2/c1-10-7-17(9-11-6-15-16(5)8-11)13(20)18(12(10)19)14(2,3)4/h6-8H,9H2,1-5H3. The predicted molar refractivity (Wildman–Crippen MR) is 77.0 cm³/mol. The largest absolute Gasteiger partial charge is 0.331 e. The molecule has 2 aromatic heterocycles. The van der Waals surface area contributed by atoms with Crippen LogP contribution in [0.15, 0.2) is 28.2 Å². The van der Waals surface area contributed by atoms with Gasteiger partial charge in [0.2, 0.25) is 0 Å². The van der Waals surface area contributed by atoms with Gasteiger partial charge in [0, 0.05) is 36.1 Å². The maximum atomic E-state index is 12.5. The van der Waals surface area contributed by atoms with Crippen molar-refractivity contribution >= 4 is 0 Å². The lowest BCUT2D eigenvalue weighted by Crippen LogP contribution is -2.48. The van der Waals surface area contributed by atoms with Gasteiger partial charge < -0.3 is 0 Å². The van der Waals surface area contributed by atoms with Crippen molar-refractivity contribution in [2.75, 3.05) is 0 Å². The third-order valence-electron chi connectivity index (χ3n) is 3.11. The summed E-state index contributed by atoms with van der Waals surface area (Å²) in [6, 6.07) is 0. The van der Waals surface area contributed by atoms with E-state index in [2.05, 4.69) is 5.10 Å². The highest BCUT2D eigenvalue weighted by atomic mass is 16.2. The molecule has 2 heterocycles. The first-order valence-electron chi connectivity index (χ1n) is 6.51. The molecule has 0 atom stereocenters. The van der Waals surface area contributed by atoms with Gasteiger partial charge in [-0.1, -0.05) is 0 Å². The van der Waals surface area contributed by atoms with Crippen LogP contribution in [0.25, 0.3) is 0 Å². The summed E-state index contributed by atoms with van der Waals surface area (Å²) in [6.45, 7) is 7.69. The van der Waals surface area contributed by atoms with E-state index in [1.165, 1.54) is 4.57 Å². The molecule has 0 saturated heterocycles. The second kappa shape index (κ2) is 4.77. The van der Waals surface area contributed by atoms with Crippen LogP contribution in [0.2, 0.25) is 0 Å². The van der Waals surface area contributed by atoms with Crippen LogP contribution in [-0.2, 0) is 19.1 Å². The molecule has 2 aromatic rings. The van der Waals surface area contributed by atoms with Gasteiger partial charge in [0.15, 0.2) is 0 Å². The van der Waals surface area contributed by atoms with Crippen molar-refractivity contribution in [3.05, 3.63) is 50.6 Å². The van der Waals surface area contributed by atoms with Gasteiger partial charge in [-0.25, -0.2) is 4.79 Å². The van der Waals surface area contributed by atoms with Crippen LogP contribution >= 0.6 is 0 Å². The van der Waals surface area contributed by atoms with Crippen LogP contribution in [0.5, 0.6) is 0 Å². The Hall–Kier alpha value is -2.11. The van der Waals surface area contributed by atoms with Gasteiger partial charge in [-0.15, -0.1) is 0 Å². The minimum atomic E-state index is -0.545. The Balaban J connectivity index is 2.58. The molecule has 0 amide bonds. The van der Waals surface area contributed by atoms with E-state index in [0.29, 0.717) is 12.1 Å². The summed E-state index contributed by atoms with van der Waals surface area (Å²) < 4.78 is 4.55. The van der Waals surface area contributed by atoms with Crippen molar-refractivity contribution in [3.8, 4) is 0 Å². The van der Waals surface area contributed by atoms with Crippen LogP contribution in [0.1, 0.15) is 31.9 Å². The fourth-order valence-corrected chi connectivity index (χ4v) is 2.19. The molecule has 0 unspecified atom stereocenters. The molecule has 0 aliphatic carbocycles. The molecule has 0 fully saturated rings. The van der Waals surface area contributed by atoms with Gasteiger partial charge in [0.25, 0.3) is 5.56 Å². The summed E-state index contributed by atoms with van der Waals surface area (Å²) in [7, 11) is 1.83. The SMILES string of the molecule is Cc1cn(Cc2cnn(C)c2)c(=O)n(C(C)(C)C)c1=O. The third-order valence-corrected chi connectivity index (χ3v) is 3.11. The van der Waals surface area contributed by atoms with Crippen LogP contribution in [0.4, 0.5) is 0 Å². The molecule has 6 nitrogen and oxygen atoms in total. The molecule has 0 saturated carbocycles. The summed E-state index contributed by atoms with van der Waals surface area (Å²) >= 11 is 0. The van der Waals surface area contributed by atoms with Crippen LogP contribution in [0.3, 0.4) is 0 Å². The highest BCUT2D eigenvalue weighted by Crippen LogP contribution is 2.08. The van der Waals surface area contributed by atoms with Crippen LogP contribution < -0.4 is 11.2 Å². The molecule has 6 heteroatoms. The lowest BCUT2D eigenvalue weighted by molar-refractivity contribution is 0.354. The number of rotatable bonds is 2. The lowest BCUT2D eigenvalue weighted by atomic mass is 10.1. The van der Waals surface area contributed by atoms with E-state index in [1.807, 2.05) is 34.0 Å². The number of aryl methyl sites for hydroxylation is 2. The monoisotopic (exact) mass is 276 g/mol. The van der Waals surface area contributed by atoms with E-state index in [0.717, 1.165) is 5.56 Å². The zero-order valence-corrected chi connectivity index (χ0v) is 12.5. The topological polar surface area (TPSA) is 61.8 Å². The minimum Gasteiger partial charge on any atom is -0.296 e. The zero-order valence-electron chi connectivity index (χ0n) is 12.5. The molecule has 0 aliphatic heterocycles. The fraction of sp³-hybridized carbons (Fsp3) is 0.500. The Morgan fingerprint density at radius 1 is 1.20 bits per heavy atom. The molecule has 0 aromatic carbocycles. The van der Waals surface area contributed by atoms with Crippen molar-refractivity contribution in [3.63, 3.8) is 0 Å². The average Bonchev–Trinajstić information content (AvgIpc) is 2.70. The average molecular weight is 276 g/mol. The fourth-order valence-electron chi connectivity index (χ4n) is 2.19. The number of aromatic nitrogens is 4. The summed E-state index contributed by atoms with van der Waals surface area (Å²) in [4.78, 5) is 24.7. The number of hydrogen-bond acceptors (Lipinski definition) is 3. The molecule has 20 heavy (non-hydrogen) atoms. The van der Waals surface area contributed by atoms with Gasteiger partial charge in [0.1, 0.15) is 0 Å². The second-order valence-electron chi connectivity index (χ2n) is 6.06. The second-order valence-corrected chi connectivity index (χ2v) is 6.06. The Labute approximate surface area is 117 Å². The third kappa shape index (κ3) is 2.59. The van der Waals surface area contributed by atoms with Crippen molar-refractivity contribution in [2.45, 2.75) is 39.8 Å². The maximum absolute atomic E-state index is 12.5. The molecule has 0 bridgehead atoms. The van der Waals surface area contributed by atoms with Crippen molar-refractivity contribution < 1.29 is 0 Å². The van der Waals surface area contributed by atoms with E-state index in [1.54, 1.807) is 28.6 Å². The quantitative estimate of drug-likeness (QED) is 0.817. The van der Waals surface area contributed by atoms with E-state index in [9.17, 15) is 9.59 Å². The van der Waals surface area contributed by atoms with Gasteiger partial charge in [-0.05, 0) is 27.7 Å².